The van der Waals surface area contributed by atoms with Crippen LogP contribution < -0.4 is 4.90 Å². The lowest BCUT2D eigenvalue weighted by Gasteiger charge is -2.20. The van der Waals surface area contributed by atoms with Crippen LogP contribution in [0.25, 0.3) is 22.0 Å². The number of halogens is 2. The Morgan fingerprint density at radius 3 is 2.69 bits per heavy atom. The van der Waals surface area contributed by atoms with E-state index < -0.39 is 5.82 Å². The minimum absolute atomic E-state index is 0.0898. The highest BCUT2D eigenvalue weighted by atomic mass is 35.5. The number of aliphatic hydroxyl groups is 1. The van der Waals surface area contributed by atoms with Gasteiger partial charge in [-0.05, 0) is 47.9 Å². The summed E-state index contributed by atoms with van der Waals surface area (Å²) in [6.07, 6.45) is 4.00. The third-order valence-electron chi connectivity index (χ3n) is 5.21. The van der Waals surface area contributed by atoms with Crippen molar-refractivity contribution >= 4 is 34.0 Å². The fourth-order valence-electron chi connectivity index (χ4n) is 3.73. The Morgan fingerprint density at radius 1 is 1.03 bits per heavy atom. The van der Waals surface area contributed by atoms with Gasteiger partial charge in [-0.2, -0.15) is 0 Å². The van der Waals surface area contributed by atoms with E-state index >= 15 is 0 Å². The largest absolute Gasteiger partial charge is 0.390 e. The van der Waals surface area contributed by atoms with Crippen molar-refractivity contribution in [2.24, 2.45) is 0 Å². The molecule has 3 heterocycles. The van der Waals surface area contributed by atoms with Crippen LogP contribution in [0.4, 0.5) is 15.9 Å². The van der Waals surface area contributed by atoms with Crippen LogP contribution >= 0.6 is 11.6 Å². The molecule has 29 heavy (non-hydrogen) atoms. The number of benzene rings is 2. The molecule has 0 unspecified atom stereocenters. The number of nitrogens with zero attached hydrogens (tertiary/aromatic N) is 4. The second-order valence-electron chi connectivity index (χ2n) is 6.92. The lowest BCUT2D eigenvalue weighted by Crippen LogP contribution is -2.15. The van der Waals surface area contributed by atoms with Crippen LogP contribution in [0.15, 0.2) is 55.0 Å². The summed E-state index contributed by atoms with van der Waals surface area (Å²) < 4.78 is 13.9. The van der Waals surface area contributed by atoms with Crippen LogP contribution in [0.5, 0.6) is 0 Å². The van der Waals surface area contributed by atoms with Crippen molar-refractivity contribution < 1.29 is 9.50 Å². The first kappa shape index (κ1) is 18.0. The van der Waals surface area contributed by atoms with E-state index in [1.54, 1.807) is 18.3 Å². The van der Waals surface area contributed by atoms with Crippen molar-refractivity contribution in [3.8, 4) is 11.1 Å². The number of pyridine rings is 1. The maximum Gasteiger partial charge on any atom is 0.144 e. The van der Waals surface area contributed by atoms with Gasteiger partial charge in [-0.3, -0.25) is 4.98 Å². The second-order valence-corrected chi connectivity index (χ2v) is 7.33. The highest BCUT2D eigenvalue weighted by Gasteiger charge is 2.25. The fraction of sp³-hybridized carbons (Fsp3) is 0.136. The van der Waals surface area contributed by atoms with Gasteiger partial charge in [-0.25, -0.2) is 14.4 Å². The zero-order valence-corrected chi connectivity index (χ0v) is 16.1. The molecule has 1 N–H and O–H groups in total. The monoisotopic (exact) mass is 406 g/mol. The van der Waals surface area contributed by atoms with Gasteiger partial charge in [0.15, 0.2) is 0 Å². The van der Waals surface area contributed by atoms with Crippen molar-refractivity contribution in [2.75, 3.05) is 11.4 Å². The zero-order chi connectivity index (χ0) is 20.0. The predicted octanol–water partition coefficient (Wildman–Crippen LogP) is 4.67. The Balaban J connectivity index is 1.63. The molecule has 0 bridgehead atoms. The molecule has 5 rings (SSSR count). The first-order valence-corrected chi connectivity index (χ1v) is 9.58. The Labute approximate surface area is 171 Å². The van der Waals surface area contributed by atoms with E-state index in [2.05, 4.69) is 19.9 Å². The van der Waals surface area contributed by atoms with Gasteiger partial charge in [0.1, 0.15) is 18.0 Å². The van der Waals surface area contributed by atoms with Gasteiger partial charge in [0, 0.05) is 29.4 Å². The minimum Gasteiger partial charge on any atom is -0.390 e. The molecule has 2 aromatic carbocycles. The number of hydrogen-bond donors (Lipinski definition) is 1. The van der Waals surface area contributed by atoms with Crippen LogP contribution in [0.3, 0.4) is 0 Å². The minimum atomic E-state index is -0.402. The number of aromatic nitrogens is 3. The molecule has 0 saturated heterocycles. The van der Waals surface area contributed by atoms with Crippen LogP contribution in [0, 0.1) is 5.82 Å². The zero-order valence-electron chi connectivity index (χ0n) is 15.3. The molecule has 1 aliphatic heterocycles. The van der Waals surface area contributed by atoms with E-state index in [1.165, 1.54) is 12.4 Å². The van der Waals surface area contributed by atoms with Crippen molar-refractivity contribution in [1.29, 1.82) is 0 Å². The third kappa shape index (κ3) is 3.10. The summed E-state index contributed by atoms with van der Waals surface area (Å²) in [5.74, 6) is 0.360. The summed E-state index contributed by atoms with van der Waals surface area (Å²) in [5.41, 5.74) is 5.14. The van der Waals surface area contributed by atoms with E-state index in [0.29, 0.717) is 12.2 Å². The predicted molar refractivity (Wildman–Crippen MR) is 111 cm³/mol. The highest BCUT2D eigenvalue weighted by Crippen LogP contribution is 2.39. The summed E-state index contributed by atoms with van der Waals surface area (Å²) in [4.78, 5) is 15.2. The number of hydrogen-bond acceptors (Lipinski definition) is 5. The molecule has 0 aliphatic carbocycles. The molecule has 144 valence electrons. The smallest absolute Gasteiger partial charge is 0.144 e. The van der Waals surface area contributed by atoms with Gasteiger partial charge in [0.05, 0.1) is 22.8 Å². The quantitative estimate of drug-likeness (QED) is 0.535. The Hall–Kier alpha value is -3.09. The molecule has 0 spiro atoms. The Bertz CT molecular complexity index is 1230. The number of rotatable bonds is 3. The first-order chi connectivity index (χ1) is 14.1. The third-order valence-corrected chi connectivity index (χ3v) is 5.50. The molecule has 0 radical (unpaired) electrons. The van der Waals surface area contributed by atoms with Crippen molar-refractivity contribution in [2.45, 2.75) is 13.0 Å². The molecule has 5 nitrogen and oxygen atoms in total. The van der Waals surface area contributed by atoms with Crippen molar-refractivity contribution in [1.82, 2.24) is 15.0 Å². The van der Waals surface area contributed by atoms with Gasteiger partial charge in [0.25, 0.3) is 0 Å². The van der Waals surface area contributed by atoms with Crippen molar-refractivity contribution in [3.63, 3.8) is 0 Å². The van der Waals surface area contributed by atoms with Crippen molar-refractivity contribution in [3.05, 3.63) is 77.1 Å². The summed E-state index contributed by atoms with van der Waals surface area (Å²) in [6.45, 7) is 0.603. The van der Waals surface area contributed by atoms with E-state index in [4.69, 9.17) is 11.6 Å². The number of fused-ring (bicyclic) bond motifs is 2. The summed E-state index contributed by atoms with van der Waals surface area (Å²) in [6, 6.07) is 12.9. The molecule has 0 amide bonds. The summed E-state index contributed by atoms with van der Waals surface area (Å²) in [7, 11) is 0. The molecular formula is C22H16ClFN4O. The van der Waals surface area contributed by atoms with Gasteiger partial charge in [-0.1, -0.05) is 23.7 Å². The topological polar surface area (TPSA) is 62.1 Å². The second kappa shape index (κ2) is 7.06. The molecule has 0 fully saturated rings. The van der Waals surface area contributed by atoms with E-state index in [0.717, 1.165) is 45.5 Å². The summed E-state index contributed by atoms with van der Waals surface area (Å²) >= 11 is 6.03. The molecule has 7 heteroatoms. The van der Waals surface area contributed by atoms with E-state index in [1.807, 2.05) is 24.3 Å². The SMILES string of the molecule is OCc1ccc(-c2ccc3ncnc(N4CCc5cc(F)c(Cl)cc54)c3c2)cn1. The molecule has 4 aromatic rings. The highest BCUT2D eigenvalue weighted by molar-refractivity contribution is 6.31. The number of aliphatic hydroxyl groups excluding tert-OH is 1. The molecule has 1 aliphatic rings. The Kier molecular flexibility index (Phi) is 4.38. The average molecular weight is 407 g/mol. The van der Waals surface area contributed by atoms with E-state index in [-0.39, 0.29) is 11.6 Å². The molecule has 2 aromatic heterocycles. The molecule has 0 saturated carbocycles. The van der Waals surface area contributed by atoms with E-state index in [9.17, 15) is 9.50 Å². The maximum absolute atomic E-state index is 13.9. The first-order valence-electron chi connectivity index (χ1n) is 9.20. The van der Waals surface area contributed by atoms with Gasteiger partial charge >= 0.3 is 0 Å². The normalized spacial score (nSPS) is 13.1. The van der Waals surface area contributed by atoms with Crippen LogP contribution in [0.2, 0.25) is 5.02 Å². The molecular weight excluding hydrogens is 391 g/mol. The van der Waals surface area contributed by atoms with Gasteiger partial charge < -0.3 is 10.0 Å². The summed E-state index contributed by atoms with van der Waals surface area (Å²) in [5, 5.41) is 10.2. The van der Waals surface area contributed by atoms with Crippen LogP contribution in [0.1, 0.15) is 11.3 Å². The number of anilines is 2. The average Bonchev–Trinajstić information content (AvgIpc) is 3.15. The lowest BCUT2D eigenvalue weighted by atomic mass is 10.0. The van der Waals surface area contributed by atoms with Crippen LogP contribution in [-0.4, -0.2) is 26.6 Å². The Morgan fingerprint density at radius 2 is 1.90 bits per heavy atom. The maximum atomic E-state index is 13.9. The van der Waals surface area contributed by atoms with Gasteiger partial charge in [0.2, 0.25) is 0 Å². The lowest BCUT2D eigenvalue weighted by molar-refractivity contribution is 0.277. The van der Waals surface area contributed by atoms with Crippen LogP contribution in [-0.2, 0) is 13.0 Å². The fourth-order valence-corrected chi connectivity index (χ4v) is 3.89. The standard InChI is InChI=1S/C22H16ClFN4O/c23-18-9-21-14(8-19(18)24)5-6-28(21)22-17-7-13(2-4-20(17)26-12-27-22)15-1-3-16(11-29)25-10-15/h1-4,7-10,12,29H,5-6,11H2. The van der Waals surface area contributed by atoms with Gasteiger partial charge in [-0.15, -0.1) is 0 Å². The molecule has 0 atom stereocenters.